The fourth-order valence-electron chi connectivity index (χ4n) is 2.08. The molecule has 0 amide bonds. The molecule has 0 aliphatic heterocycles. The average Bonchev–Trinajstić information content (AvgIpc) is 2.32. The Morgan fingerprint density at radius 3 is 2.29 bits per heavy atom. The summed E-state index contributed by atoms with van der Waals surface area (Å²) in [6, 6.07) is 6.20. The predicted octanol–water partition coefficient (Wildman–Crippen LogP) is 6.14. The minimum atomic E-state index is 0.241. The molecule has 1 heteroatoms. The predicted molar refractivity (Wildman–Crippen MR) is 80.1 cm³/mol. The highest BCUT2D eigenvalue weighted by Crippen LogP contribution is 2.32. The van der Waals surface area contributed by atoms with Crippen LogP contribution in [0.4, 0.5) is 0 Å². The Morgan fingerprint density at radius 2 is 1.76 bits per heavy atom. The van der Waals surface area contributed by atoms with Crippen LogP contribution < -0.4 is 0 Å². The van der Waals surface area contributed by atoms with Crippen LogP contribution in [0.5, 0.6) is 0 Å². The maximum atomic E-state index is 6.06. The van der Waals surface area contributed by atoms with Crippen molar-refractivity contribution < 1.29 is 0 Å². The van der Waals surface area contributed by atoms with Gasteiger partial charge in [-0.15, -0.1) is 0 Å². The number of rotatable bonds is 4. The van der Waals surface area contributed by atoms with Crippen LogP contribution in [-0.2, 0) is 5.41 Å². The standard InChI is InChI=1S/C14H21Cl.C2H6/c1-5-6-9-14(3,4)13-10-12(15)8-7-11(13)2;1-2/h7-8,10H,5-6,9H2,1-4H3;1-2H3. The van der Waals surface area contributed by atoms with E-state index in [1.165, 1.54) is 30.4 Å². The summed E-state index contributed by atoms with van der Waals surface area (Å²) in [4.78, 5) is 0. The topological polar surface area (TPSA) is 0 Å². The number of aryl methyl sites for hydroxylation is 1. The lowest BCUT2D eigenvalue weighted by Crippen LogP contribution is -2.18. The SMILES string of the molecule is CC.CCCCC(C)(C)c1cc(Cl)ccc1C. The van der Waals surface area contributed by atoms with Crippen molar-refractivity contribution in [1.29, 1.82) is 0 Å². The Kier molecular flexibility index (Phi) is 7.54. The monoisotopic (exact) mass is 254 g/mol. The number of hydrogen-bond acceptors (Lipinski definition) is 0. The molecule has 0 saturated carbocycles. The van der Waals surface area contributed by atoms with E-state index >= 15 is 0 Å². The quantitative estimate of drug-likeness (QED) is 0.605. The molecular weight excluding hydrogens is 228 g/mol. The molecule has 0 N–H and O–H groups in total. The lowest BCUT2D eigenvalue weighted by Gasteiger charge is -2.27. The minimum absolute atomic E-state index is 0.241. The van der Waals surface area contributed by atoms with Gasteiger partial charge in [-0.3, -0.25) is 0 Å². The molecule has 0 saturated heterocycles. The summed E-state index contributed by atoms with van der Waals surface area (Å²) >= 11 is 6.06. The highest BCUT2D eigenvalue weighted by molar-refractivity contribution is 6.30. The molecule has 0 bridgehead atoms. The highest BCUT2D eigenvalue weighted by atomic mass is 35.5. The molecule has 1 rings (SSSR count). The van der Waals surface area contributed by atoms with Crippen LogP contribution in [0.2, 0.25) is 5.02 Å². The van der Waals surface area contributed by atoms with Crippen molar-refractivity contribution in [3.05, 3.63) is 34.3 Å². The summed E-state index contributed by atoms with van der Waals surface area (Å²) < 4.78 is 0. The van der Waals surface area contributed by atoms with Gasteiger partial charge >= 0.3 is 0 Å². The van der Waals surface area contributed by atoms with Crippen LogP contribution in [0.25, 0.3) is 0 Å². The first kappa shape index (κ1) is 16.5. The van der Waals surface area contributed by atoms with Crippen molar-refractivity contribution in [2.24, 2.45) is 0 Å². The zero-order valence-corrected chi connectivity index (χ0v) is 13.0. The first-order valence-corrected chi connectivity index (χ1v) is 7.12. The summed E-state index contributed by atoms with van der Waals surface area (Å²) in [5.41, 5.74) is 2.98. The van der Waals surface area contributed by atoms with Gasteiger partial charge in [0.15, 0.2) is 0 Å². The Morgan fingerprint density at radius 1 is 1.18 bits per heavy atom. The van der Waals surface area contributed by atoms with Crippen LogP contribution in [0.15, 0.2) is 18.2 Å². The van der Waals surface area contributed by atoms with Gasteiger partial charge in [0, 0.05) is 5.02 Å². The van der Waals surface area contributed by atoms with Crippen LogP contribution in [-0.4, -0.2) is 0 Å². The largest absolute Gasteiger partial charge is 0.0843 e. The van der Waals surface area contributed by atoms with Crippen LogP contribution in [0.1, 0.15) is 65.0 Å². The van der Waals surface area contributed by atoms with Gasteiger partial charge in [0.05, 0.1) is 0 Å². The minimum Gasteiger partial charge on any atom is -0.0843 e. The molecular formula is C16H27Cl. The molecule has 0 radical (unpaired) electrons. The fraction of sp³-hybridized carbons (Fsp3) is 0.625. The molecule has 1 aromatic rings. The summed E-state index contributed by atoms with van der Waals surface area (Å²) in [6.07, 6.45) is 3.76. The second-order valence-corrected chi connectivity index (χ2v) is 5.38. The Balaban J connectivity index is 0.00000121. The van der Waals surface area contributed by atoms with Gasteiger partial charge in [-0.1, -0.05) is 65.1 Å². The number of hydrogen-bond donors (Lipinski definition) is 0. The molecule has 1 aromatic carbocycles. The third-order valence-corrected chi connectivity index (χ3v) is 3.32. The third-order valence-electron chi connectivity index (χ3n) is 3.08. The molecule has 0 spiro atoms. The molecule has 0 aliphatic rings. The van der Waals surface area contributed by atoms with Gasteiger partial charge in [0.25, 0.3) is 0 Å². The maximum Gasteiger partial charge on any atom is 0.0409 e. The van der Waals surface area contributed by atoms with E-state index in [0.29, 0.717) is 0 Å². The van der Waals surface area contributed by atoms with Gasteiger partial charge in [0.1, 0.15) is 0 Å². The van der Waals surface area contributed by atoms with Gasteiger partial charge in [-0.2, -0.15) is 0 Å². The summed E-state index contributed by atoms with van der Waals surface area (Å²) in [5.74, 6) is 0. The molecule has 17 heavy (non-hydrogen) atoms. The van der Waals surface area contributed by atoms with Gasteiger partial charge in [-0.05, 0) is 42.0 Å². The van der Waals surface area contributed by atoms with Crippen molar-refractivity contribution in [3.63, 3.8) is 0 Å². The summed E-state index contributed by atoms with van der Waals surface area (Å²) in [5, 5.41) is 0.847. The zero-order chi connectivity index (χ0) is 13.5. The van der Waals surface area contributed by atoms with Crippen LogP contribution >= 0.6 is 11.6 Å². The zero-order valence-electron chi connectivity index (χ0n) is 12.2. The van der Waals surface area contributed by atoms with Gasteiger partial charge in [-0.25, -0.2) is 0 Å². The third kappa shape index (κ3) is 5.12. The molecule has 0 aromatic heterocycles. The van der Waals surface area contributed by atoms with E-state index in [2.05, 4.69) is 39.8 Å². The van der Waals surface area contributed by atoms with Gasteiger partial charge < -0.3 is 0 Å². The van der Waals surface area contributed by atoms with E-state index in [9.17, 15) is 0 Å². The Labute approximate surface area is 112 Å². The van der Waals surface area contributed by atoms with Crippen LogP contribution in [0.3, 0.4) is 0 Å². The van der Waals surface area contributed by atoms with E-state index in [0.717, 1.165) is 5.02 Å². The normalized spacial score (nSPS) is 10.8. The molecule has 0 unspecified atom stereocenters. The number of halogens is 1. The molecule has 98 valence electrons. The van der Waals surface area contributed by atoms with Gasteiger partial charge in [0.2, 0.25) is 0 Å². The Bertz CT molecular complexity index is 326. The molecule has 0 fully saturated rings. The fourth-order valence-corrected chi connectivity index (χ4v) is 2.25. The van der Waals surface area contributed by atoms with E-state index in [1.54, 1.807) is 0 Å². The molecule has 0 heterocycles. The van der Waals surface area contributed by atoms with Crippen molar-refractivity contribution >= 4 is 11.6 Å². The smallest absolute Gasteiger partial charge is 0.0409 e. The first-order chi connectivity index (χ1) is 7.97. The average molecular weight is 255 g/mol. The number of unbranched alkanes of at least 4 members (excludes halogenated alkanes) is 1. The lowest BCUT2D eigenvalue weighted by atomic mass is 9.78. The van der Waals surface area contributed by atoms with Crippen molar-refractivity contribution in [2.45, 2.75) is 66.2 Å². The molecule has 0 atom stereocenters. The van der Waals surface area contributed by atoms with E-state index in [4.69, 9.17) is 11.6 Å². The van der Waals surface area contributed by atoms with E-state index in [-0.39, 0.29) is 5.41 Å². The molecule has 0 nitrogen and oxygen atoms in total. The molecule has 0 aliphatic carbocycles. The van der Waals surface area contributed by atoms with Crippen LogP contribution in [0, 0.1) is 6.92 Å². The Hall–Kier alpha value is -0.490. The van der Waals surface area contributed by atoms with Crippen molar-refractivity contribution in [2.75, 3.05) is 0 Å². The maximum absolute atomic E-state index is 6.06. The van der Waals surface area contributed by atoms with E-state index < -0.39 is 0 Å². The van der Waals surface area contributed by atoms with Crippen molar-refractivity contribution in [3.8, 4) is 0 Å². The highest BCUT2D eigenvalue weighted by Gasteiger charge is 2.21. The summed E-state index contributed by atoms with van der Waals surface area (Å²) in [7, 11) is 0. The second kappa shape index (κ2) is 7.76. The first-order valence-electron chi connectivity index (χ1n) is 6.74. The second-order valence-electron chi connectivity index (χ2n) is 4.95. The summed E-state index contributed by atoms with van der Waals surface area (Å²) in [6.45, 7) is 13.0. The van der Waals surface area contributed by atoms with Crippen molar-refractivity contribution in [1.82, 2.24) is 0 Å². The lowest BCUT2D eigenvalue weighted by molar-refractivity contribution is 0.456. The number of benzene rings is 1. The van der Waals surface area contributed by atoms with E-state index in [1.807, 2.05) is 19.9 Å².